The highest BCUT2D eigenvalue weighted by Crippen LogP contribution is 2.24. The number of piperidine rings is 2. The van der Waals surface area contributed by atoms with Crippen molar-refractivity contribution >= 4 is 11.8 Å². The number of furan rings is 1. The highest BCUT2D eigenvalue weighted by Gasteiger charge is 2.31. The fourth-order valence-electron chi connectivity index (χ4n) is 4.23. The Kier molecular flexibility index (Phi) is 7.33. The Labute approximate surface area is 162 Å². The molecule has 27 heavy (non-hydrogen) atoms. The molecule has 1 N–H and O–H groups in total. The number of hydrogen-bond donors (Lipinski definition) is 1. The molecule has 2 amide bonds. The lowest BCUT2D eigenvalue weighted by Gasteiger charge is -2.41. The van der Waals surface area contributed by atoms with E-state index in [0.29, 0.717) is 24.9 Å². The van der Waals surface area contributed by atoms with E-state index >= 15 is 0 Å². The Balaban J connectivity index is 1.36. The monoisotopic (exact) mass is 375 g/mol. The van der Waals surface area contributed by atoms with Gasteiger partial charge in [0.25, 0.3) is 0 Å². The van der Waals surface area contributed by atoms with Crippen LogP contribution in [0.4, 0.5) is 0 Å². The molecule has 0 bridgehead atoms. The van der Waals surface area contributed by atoms with Gasteiger partial charge < -0.3 is 19.5 Å². The zero-order valence-electron chi connectivity index (χ0n) is 16.5. The van der Waals surface area contributed by atoms with Crippen molar-refractivity contribution < 1.29 is 14.0 Å². The van der Waals surface area contributed by atoms with Gasteiger partial charge in [-0.2, -0.15) is 0 Å². The van der Waals surface area contributed by atoms with Gasteiger partial charge in [-0.1, -0.05) is 13.3 Å². The molecule has 1 aromatic rings. The Morgan fingerprint density at radius 2 is 1.89 bits per heavy atom. The van der Waals surface area contributed by atoms with Gasteiger partial charge in [0, 0.05) is 31.5 Å². The fraction of sp³-hybridized carbons (Fsp3) is 0.714. The smallest absolute Gasteiger partial charge is 0.223 e. The molecule has 2 aliphatic heterocycles. The predicted molar refractivity (Wildman–Crippen MR) is 104 cm³/mol. The molecule has 0 unspecified atom stereocenters. The second kappa shape index (κ2) is 9.93. The first kappa shape index (κ1) is 19.9. The number of carbonyl (C=O) groups excluding carboxylic acids is 2. The number of nitrogens with zero attached hydrogens (tertiary/aromatic N) is 2. The summed E-state index contributed by atoms with van der Waals surface area (Å²) in [4.78, 5) is 29.1. The number of unbranched alkanes of at least 4 members (excludes halogenated alkanes) is 1. The third-order valence-electron chi connectivity index (χ3n) is 6.00. The molecule has 0 saturated carbocycles. The Bertz CT molecular complexity index is 586. The molecule has 0 spiro atoms. The number of hydrogen-bond acceptors (Lipinski definition) is 4. The van der Waals surface area contributed by atoms with E-state index in [4.69, 9.17) is 4.42 Å². The molecule has 2 fully saturated rings. The lowest BCUT2D eigenvalue weighted by molar-refractivity contribution is -0.133. The maximum absolute atomic E-state index is 12.4. The number of nitrogens with one attached hydrogen (secondary N) is 1. The van der Waals surface area contributed by atoms with Crippen molar-refractivity contribution in [3.05, 3.63) is 24.2 Å². The number of carbonyl (C=O) groups is 2. The van der Waals surface area contributed by atoms with Gasteiger partial charge in [0.15, 0.2) is 0 Å². The third-order valence-corrected chi connectivity index (χ3v) is 6.00. The predicted octanol–water partition coefficient (Wildman–Crippen LogP) is 2.79. The minimum absolute atomic E-state index is 0.104. The summed E-state index contributed by atoms with van der Waals surface area (Å²) in [5.41, 5.74) is 0. The average Bonchev–Trinajstić information content (AvgIpc) is 3.24. The molecule has 6 nitrogen and oxygen atoms in total. The van der Waals surface area contributed by atoms with E-state index < -0.39 is 0 Å². The summed E-state index contributed by atoms with van der Waals surface area (Å²) in [6.07, 6.45) is 8.35. The molecule has 0 radical (unpaired) electrons. The number of likely N-dealkylation sites (tertiary alicyclic amines) is 2. The van der Waals surface area contributed by atoms with Crippen LogP contribution in [0.15, 0.2) is 22.8 Å². The zero-order chi connectivity index (χ0) is 19.1. The highest BCUT2D eigenvalue weighted by molar-refractivity contribution is 5.78. The van der Waals surface area contributed by atoms with Crippen LogP contribution in [0.1, 0.15) is 57.6 Å². The fourth-order valence-corrected chi connectivity index (χ4v) is 4.23. The maximum atomic E-state index is 12.4. The quantitative estimate of drug-likeness (QED) is 0.796. The molecule has 2 aliphatic rings. The molecule has 6 heteroatoms. The van der Waals surface area contributed by atoms with E-state index in [2.05, 4.69) is 17.1 Å². The molecular formula is C21H33N3O3. The molecule has 1 aromatic heterocycles. The van der Waals surface area contributed by atoms with E-state index in [9.17, 15) is 9.59 Å². The molecule has 3 rings (SSSR count). The second-order valence-electron chi connectivity index (χ2n) is 7.82. The minimum Gasteiger partial charge on any atom is -0.467 e. The molecule has 0 aromatic carbocycles. The van der Waals surface area contributed by atoms with Crippen LogP contribution in [-0.2, 0) is 16.1 Å². The van der Waals surface area contributed by atoms with Crippen LogP contribution >= 0.6 is 0 Å². The van der Waals surface area contributed by atoms with Crippen molar-refractivity contribution in [2.45, 2.75) is 64.5 Å². The summed E-state index contributed by atoms with van der Waals surface area (Å²) >= 11 is 0. The van der Waals surface area contributed by atoms with Crippen LogP contribution in [0.2, 0.25) is 0 Å². The molecular weight excluding hydrogens is 342 g/mol. The van der Waals surface area contributed by atoms with Gasteiger partial charge >= 0.3 is 0 Å². The van der Waals surface area contributed by atoms with E-state index in [0.717, 1.165) is 70.5 Å². The summed E-state index contributed by atoms with van der Waals surface area (Å²) in [5.74, 6) is 1.36. The van der Waals surface area contributed by atoms with Gasteiger partial charge in [-0.3, -0.25) is 9.59 Å². The van der Waals surface area contributed by atoms with Crippen LogP contribution in [0.3, 0.4) is 0 Å². The first-order chi connectivity index (χ1) is 13.2. The lowest BCUT2D eigenvalue weighted by Crippen LogP contribution is -2.50. The van der Waals surface area contributed by atoms with Crippen LogP contribution in [0.25, 0.3) is 0 Å². The van der Waals surface area contributed by atoms with Crippen molar-refractivity contribution in [3.63, 3.8) is 0 Å². The lowest BCUT2D eigenvalue weighted by atomic mass is 9.92. The van der Waals surface area contributed by atoms with E-state index in [1.807, 2.05) is 17.0 Å². The van der Waals surface area contributed by atoms with E-state index in [1.54, 1.807) is 6.26 Å². The summed E-state index contributed by atoms with van der Waals surface area (Å²) in [6.45, 7) is 6.32. The molecule has 150 valence electrons. The van der Waals surface area contributed by atoms with Gasteiger partial charge in [0.2, 0.25) is 11.8 Å². The SMILES string of the molecule is CCCCC(=O)N1CCC(N2CCC(C(=O)NCc3ccco3)CC2)CC1. The van der Waals surface area contributed by atoms with Gasteiger partial charge in [-0.05, 0) is 57.3 Å². The normalized spacial score (nSPS) is 20.0. The first-order valence-electron chi connectivity index (χ1n) is 10.5. The zero-order valence-corrected chi connectivity index (χ0v) is 16.5. The van der Waals surface area contributed by atoms with Gasteiger partial charge in [0.1, 0.15) is 5.76 Å². The summed E-state index contributed by atoms with van der Waals surface area (Å²) in [7, 11) is 0. The number of rotatable bonds is 7. The highest BCUT2D eigenvalue weighted by atomic mass is 16.3. The molecule has 3 heterocycles. The molecule has 0 atom stereocenters. The average molecular weight is 376 g/mol. The van der Waals surface area contributed by atoms with Crippen molar-refractivity contribution in [1.82, 2.24) is 15.1 Å². The standard InChI is InChI=1S/C21H33N3O3/c1-2-3-6-20(25)24-13-9-18(10-14-24)23-11-7-17(8-12-23)21(26)22-16-19-5-4-15-27-19/h4-5,15,17-18H,2-3,6-14,16H2,1H3,(H,22,26). The Morgan fingerprint density at radius 3 is 2.52 bits per heavy atom. The van der Waals surface area contributed by atoms with Crippen molar-refractivity contribution in [1.29, 1.82) is 0 Å². The Morgan fingerprint density at radius 1 is 1.15 bits per heavy atom. The van der Waals surface area contributed by atoms with E-state index in [1.165, 1.54) is 0 Å². The summed E-state index contributed by atoms with van der Waals surface area (Å²) in [6, 6.07) is 4.28. The Hall–Kier alpha value is -1.82. The first-order valence-corrected chi connectivity index (χ1v) is 10.5. The molecule has 0 aliphatic carbocycles. The molecule has 2 saturated heterocycles. The van der Waals surface area contributed by atoms with Crippen LogP contribution in [0.5, 0.6) is 0 Å². The van der Waals surface area contributed by atoms with Crippen LogP contribution < -0.4 is 5.32 Å². The van der Waals surface area contributed by atoms with Gasteiger partial charge in [-0.15, -0.1) is 0 Å². The summed E-state index contributed by atoms with van der Waals surface area (Å²) in [5, 5.41) is 2.99. The van der Waals surface area contributed by atoms with Gasteiger partial charge in [-0.25, -0.2) is 0 Å². The summed E-state index contributed by atoms with van der Waals surface area (Å²) < 4.78 is 5.26. The maximum Gasteiger partial charge on any atom is 0.223 e. The van der Waals surface area contributed by atoms with Crippen LogP contribution in [-0.4, -0.2) is 53.8 Å². The van der Waals surface area contributed by atoms with E-state index in [-0.39, 0.29) is 11.8 Å². The largest absolute Gasteiger partial charge is 0.467 e. The van der Waals surface area contributed by atoms with Crippen molar-refractivity contribution in [3.8, 4) is 0 Å². The third kappa shape index (κ3) is 5.58. The number of amides is 2. The van der Waals surface area contributed by atoms with Crippen LogP contribution in [0, 0.1) is 5.92 Å². The second-order valence-corrected chi connectivity index (χ2v) is 7.82. The van der Waals surface area contributed by atoms with Crippen molar-refractivity contribution in [2.75, 3.05) is 26.2 Å². The van der Waals surface area contributed by atoms with Gasteiger partial charge in [0.05, 0.1) is 12.8 Å². The topological polar surface area (TPSA) is 65.8 Å². The van der Waals surface area contributed by atoms with Crippen molar-refractivity contribution in [2.24, 2.45) is 5.92 Å². The minimum atomic E-state index is 0.104.